The minimum atomic E-state index is -0.359. The third kappa shape index (κ3) is 4.49. The molecule has 6 nitrogen and oxygen atoms in total. The Balaban J connectivity index is 1.75. The van der Waals surface area contributed by atoms with Gasteiger partial charge in [0.1, 0.15) is 0 Å². The van der Waals surface area contributed by atoms with Crippen molar-refractivity contribution in [1.29, 1.82) is 0 Å². The number of nitrogens with zero attached hydrogens (tertiary/aromatic N) is 2. The number of imidazole rings is 1. The Kier molecular flexibility index (Phi) is 6.13. The lowest BCUT2D eigenvalue weighted by Crippen LogP contribution is -2.14. The maximum absolute atomic E-state index is 12.2. The van der Waals surface area contributed by atoms with Crippen molar-refractivity contribution in [2.45, 2.75) is 25.5 Å². The predicted molar refractivity (Wildman–Crippen MR) is 107 cm³/mol. The Morgan fingerprint density at radius 1 is 1.15 bits per heavy atom. The van der Waals surface area contributed by atoms with Crippen LogP contribution in [0.15, 0.2) is 53.7 Å². The first-order valence-corrected chi connectivity index (χ1v) is 9.76. The van der Waals surface area contributed by atoms with Crippen LogP contribution in [0.3, 0.4) is 0 Å². The number of ether oxygens (including phenoxy) is 1. The van der Waals surface area contributed by atoms with Crippen LogP contribution in [-0.2, 0) is 16.1 Å². The Bertz CT molecular complexity index is 954. The summed E-state index contributed by atoms with van der Waals surface area (Å²) in [7, 11) is 0. The maximum Gasteiger partial charge on any atom is 0.338 e. The van der Waals surface area contributed by atoms with Crippen molar-refractivity contribution in [2.75, 3.05) is 17.7 Å². The highest BCUT2D eigenvalue weighted by Crippen LogP contribution is 2.25. The molecular formula is C20H21N3O3S. The fraction of sp³-hybridized carbons (Fsp3) is 0.250. The maximum atomic E-state index is 12.2. The number of benzene rings is 2. The number of thioether (sulfide) groups is 1. The van der Waals surface area contributed by atoms with Gasteiger partial charge in [-0.1, -0.05) is 30.0 Å². The molecule has 3 aromatic rings. The summed E-state index contributed by atoms with van der Waals surface area (Å²) in [5, 5.41) is 3.61. The van der Waals surface area contributed by atoms with Crippen LogP contribution >= 0.6 is 11.8 Å². The van der Waals surface area contributed by atoms with Crippen LogP contribution < -0.4 is 5.32 Å². The van der Waals surface area contributed by atoms with Crippen LogP contribution in [0, 0.1) is 0 Å². The number of anilines is 1. The minimum absolute atomic E-state index is 0.0897. The molecule has 3 rings (SSSR count). The largest absolute Gasteiger partial charge is 0.462 e. The third-order valence-corrected chi connectivity index (χ3v) is 4.91. The van der Waals surface area contributed by atoms with E-state index in [0.29, 0.717) is 17.7 Å². The van der Waals surface area contributed by atoms with E-state index < -0.39 is 0 Å². The average molecular weight is 383 g/mol. The van der Waals surface area contributed by atoms with Gasteiger partial charge in [0.2, 0.25) is 5.91 Å². The van der Waals surface area contributed by atoms with Gasteiger partial charge in [-0.15, -0.1) is 0 Å². The molecule has 0 spiro atoms. The summed E-state index contributed by atoms with van der Waals surface area (Å²) >= 11 is 1.37. The number of carbonyl (C=O) groups is 2. The number of fused-ring (bicyclic) bond motifs is 1. The monoisotopic (exact) mass is 383 g/mol. The first-order valence-electron chi connectivity index (χ1n) is 8.77. The van der Waals surface area contributed by atoms with Crippen LogP contribution in [0.2, 0.25) is 0 Å². The lowest BCUT2D eigenvalue weighted by molar-refractivity contribution is -0.113. The molecule has 7 heteroatoms. The highest BCUT2D eigenvalue weighted by Gasteiger charge is 2.15. The van der Waals surface area contributed by atoms with Crippen molar-refractivity contribution < 1.29 is 14.3 Å². The van der Waals surface area contributed by atoms with Crippen LogP contribution in [0.4, 0.5) is 5.69 Å². The second kappa shape index (κ2) is 8.73. The standard InChI is InChI=1S/C20H21N3O3S/c1-3-23-17-11-10-14(19(25)26-4-2)12-16(17)22-20(23)27-13-18(24)21-15-8-6-5-7-9-15/h5-12H,3-4,13H2,1-2H3,(H,21,24). The van der Waals surface area contributed by atoms with E-state index in [0.717, 1.165) is 22.9 Å². The topological polar surface area (TPSA) is 73.2 Å². The minimum Gasteiger partial charge on any atom is -0.462 e. The van der Waals surface area contributed by atoms with E-state index in [1.165, 1.54) is 11.8 Å². The molecule has 0 atom stereocenters. The number of aromatic nitrogens is 2. The van der Waals surface area contributed by atoms with E-state index in [1.807, 2.05) is 47.9 Å². The molecule has 0 saturated heterocycles. The molecule has 2 aromatic carbocycles. The number of rotatable bonds is 7. The summed E-state index contributed by atoms with van der Waals surface area (Å²) in [6, 6.07) is 14.7. The number of carbonyl (C=O) groups excluding carboxylic acids is 2. The highest BCUT2D eigenvalue weighted by atomic mass is 32.2. The molecule has 0 radical (unpaired) electrons. The average Bonchev–Trinajstić information content (AvgIpc) is 3.04. The van der Waals surface area contributed by atoms with Crippen LogP contribution in [0.1, 0.15) is 24.2 Å². The third-order valence-electron chi connectivity index (χ3n) is 3.93. The highest BCUT2D eigenvalue weighted by molar-refractivity contribution is 7.99. The zero-order valence-corrected chi connectivity index (χ0v) is 16.1. The van der Waals surface area contributed by atoms with E-state index >= 15 is 0 Å². The Morgan fingerprint density at radius 3 is 2.63 bits per heavy atom. The Labute approximate surface area is 161 Å². The van der Waals surface area contributed by atoms with Gasteiger partial charge in [-0.2, -0.15) is 0 Å². The van der Waals surface area contributed by atoms with Gasteiger partial charge in [-0.05, 0) is 44.2 Å². The zero-order chi connectivity index (χ0) is 19.2. The Hall–Kier alpha value is -2.80. The van der Waals surface area contributed by atoms with Crippen molar-refractivity contribution in [3.05, 3.63) is 54.1 Å². The van der Waals surface area contributed by atoms with Gasteiger partial charge in [-0.25, -0.2) is 9.78 Å². The molecule has 1 aromatic heterocycles. The second-order valence-corrected chi connectivity index (χ2v) is 6.71. The Morgan fingerprint density at radius 2 is 1.93 bits per heavy atom. The summed E-state index contributed by atoms with van der Waals surface area (Å²) in [5.41, 5.74) is 2.89. The van der Waals surface area contributed by atoms with Crippen molar-refractivity contribution >= 4 is 40.4 Å². The zero-order valence-electron chi connectivity index (χ0n) is 15.3. The molecular weight excluding hydrogens is 362 g/mol. The van der Waals surface area contributed by atoms with Gasteiger partial charge in [0, 0.05) is 12.2 Å². The molecule has 0 fully saturated rings. The summed E-state index contributed by atoms with van der Waals surface area (Å²) in [4.78, 5) is 28.7. The van der Waals surface area contributed by atoms with E-state index in [-0.39, 0.29) is 17.6 Å². The first kappa shape index (κ1) is 19.0. The SMILES string of the molecule is CCOC(=O)c1ccc2c(c1)nc(SCC(=O)Nc1ccccc1)n2CC. The molecule has 27 heavy (non-hydrogen) atoms. The fourth-order valence-electron chi connectivity index (χ4n) is 2.71. The summed E-state index contributed by atoms with van der Waals surface area (Å²) in [6.07, 6.45) is 0. The molecule has 0 unspecified atom stereocenters. The van der Waals surface area contributed by atoms with E-state index in [2.05, 4.69) is 10.3 Å². The summed E-state index contributed by atoms with van der Waals surface area (Å²) in [6.45, 7) is 4.85. The van der Waals surface area contributed by atoms with Crippen molar-refractivity contribution in [2.24, 2.45) is 0 Å². The van der Waals surface area contributed by atoms with Crippen molar-refractivity contribution in [1.82, 2.24) is 9.55 Å². The molecule has 0 aliphatic heterocycles. The van der Waals surface area contributed by atoms with Gasteiger partial charge in [-0.3, -0.25) is 4.79 Å². The molecule has 0 aliphatic carbocycles. The molecule has 1 heterocycles. The number of aryl methyl sites for hydroxylation is 1. The van der Waals surface area contributed by atoms with Gasteiger partial charge in [0.15, 0.2) is 5.16 Å². The van der Waals surface area contributed by atoms with E-state index in [4.69, 9.17) is 4.74 Å². The number of hydrogen-bond donors (Lipinski definition) is 1. The van der Waals surface area contributed by atoms with Crippen LogP contribution in [-0.4, -0.2) is 33.8 Å². The molecule has 140 valence electrons. The molecule has 1 amide bonds. The molecule has 0 saturated carbocycles. The lowest BCUT2D eigenvalue weighted by atomic mass is 10.2. The van der Waals surface area contributed by atoms with Gasteiger partial charge in [0.05, 0.1) is 29.0 Å². The molecule has 0 aliphatic rings. The van der Waals surface area contributed by atoms with Crippen molar-refractivity contribution in [3.63, 3.8) is 0 Å². The van der Waals surface area contributed by atoms with Crippen molar-refractivity contribution in [3.8, 4) is 0 Å². The quantitative estimate of drug-likeness (QED) is 0.494. The number of esters is 1. The summed E-state index contributed by atoms with van der Waals surface area (Å²) in [5.74, 6) is -0.196. The first-order chi connectivity index (χ1) is 13.1. The normalized spacial score (nSPS) is 10.7. The van der Waals surface area contributed by atoms with Gasteiger partial charge >= 0.3 is 5.97 Å². The van der Waals surface area contributed by atoms with Crippen LogP contribution in [0.25, 0.3) is 11.0 Å². The van der Waals surface area contributed by atoms with E-state index in [9.17, 15) is 9.59 Å². The smallest absolute Gasteiger partial charge is 0.338 e. The lowest BCUT2D eigenvalue weighted by Gasteiger charge is -2.07. The molecule has 1 N–H and O–H groups in total. The molecule has 0 bridgehead atoms. The van der Waals surface area contributed by atoms with Gasteiger partial charge in [0.25, 0.3) is 0 Å². The number of amides is 1. The number of nitrogens with one attached hydrogen (secondary N) is 1. The van der Waals surface area contributed by atoms with Gasteiger partial charge < -0.3 is 14.6 Å². The number of hydrogen-bond acceptors (Lipinski definition) is 5. The van der Waals surface area contributed by atoms with Crippen LogP contribution in [0.5, 0.6) is 0 Å². The van der Waals surface area contributed by atoms with E-state index in [1.54, 1.807) is 19.1 Å². The second-order valence-electron chi connectivity index (χ2n) is 5.77. The number of para-hydroxylation sites is 1. The predicted octanol–water partition coefficient (Wildman–Crippen LogP) is 3.96. The fourth-order valence-corrected chi connectivity index (χ4v) is 3.59. The summed E-state index contributed by atoms with van der Waals surface area (Å²) < 4.78 is 7.08.